The Kier molecular flexibility index (Phi) is 11.5. The van der Waals surface area contributed by atoms with Gasteiger partial charge in [0.1, 0.15) is 0 Å². The zero-order chi connectivity index (χ0) is 31.6. The highest BCUT2D eigenvalue weighted by molar-refractivity contribution is 6.04. The van der Waals surface area contributed by atoms with Crippen LogP contribution >= 0.6 is 0 Å². The molecule has 1 heterocycles. The molecule has 2 N–H and O–H groups in total. The zero-order valence-electron chi connectivity index (χ0n) is 24.6. The molecular weight excluding hydrogens is 557 g/mol. The van der Waals surface area contributed by atoms with E-state index in [0.29, 0.717) is 5.56 Å². The highest BCUT2D eigenvalue weighted by Gasteiger charge is 2.38. The number of anilines is 1. The molecule has 1 saturated heterocycles. The number of carbonyl (C=O) groups is 2. The number of nitrogens with zero attached hydrogens (tertiary/aromatic N) is 3. The van der Waals surface area contributed by atoms with Crippen LogP contribution in [0, 0.1) is 11.3 Å². The molecule has 0 saturated carbocycles. The van der Waals surface area contributed by atoms with E-state index < -0.39 is 12.1 Å². The molecule has 0 unspecified atom stereocenters. The summed E-state index contributed by atoms with van der Waals surface area (Å²) in [6.07, 6.45) is -3.98. The Morgan fingerprint density at radius 3 is 1.91 bits per heavy atom. The van der Waals surface area contributed by atoms with Crippen molar-refractivity contribution in [2.75, 3.05) is 31.5 Å². The number of amides is 1. The van der Waals surface area contributed by atoms with E-state index in [2.05, 4.69) is 66.2 Å². The van der Waals surface area contributed by atoms with Crippen LogP contribution < -0.4 is 5.32 Å². The second-order valence-electron chi connectivity index (χ2n) is 11.5. The summed E-state index contributed by atoms with van der Waals surface area (Å²) in [6, 6.07) is 26.2. The lowest BCUT2D eigenvalue weighted by atomic mass is 9.87. The fourth-order valence-electron chi connectivity index (χ4n) is 4.66. The van der Waals surface area contributed by atoms with E-state index in [-0.39, 0.29) is 11.3 Å². The second-order valence-corrected chi connectivity index (χ2v) is 11.5. The number of nitriles is 1. The van der Waals surface area contributed by atoms with E-state index in [1.807, 2.05) is 48.5 Å². The van der Waals surface area contributed by atoms with Gasteiger partial charge >= 0.3 is 12.1 Å². The standard InChI is InChI=1S/C31H36N4O.C2HF3O2/c1-31(2,3)28-11-13-29(14-12-28)33-30(36)27-10-5-9-26(20-27)23-35-16-6-15-34(17-18-35)22-25-8-4-7-24(19-25)21-32;3-2(4,5)1(6)7/h4-5,7-14,19-20H,6,15-18,22-23H2,1-3H3,(H,33,36);(H,6,7). The Balaban J connectivity index is 0.000000646. The molecule has 0 bridgehead atoms. The maximum atomic E-state index is 12.9. The average molecular weight is 595 g/mol. The van der Waals surface area contributed by atoms with E-state index >= 15 is 0 Å². The smallest absolute Gasteiger partial charge is 0.475 e. The van der Waals surface area contributed by atoms with Crippen molar-refractivity contribution in [2.45, 2.75) is 51.9 Å². The third-order valence-electron chi connectivity index (χ3n) is 6.99. The van der Waals surface area contributed by atoms with Gasteiger partial charge in [0.05, 0.1) is 11.6 Å². The minimum Gasteiger partial charge on any atom is -0.475 e. The third kappa shape index (κ3) is 10.9. The quantitative estimate of drug-likeness (QED) is 0.341. The van der Waals surface area contributed by atoms with Gasteiger partial charge in [-0.2, -0.15) is 18.4 Å². The lowest BCUT2D eigenvalue weighted by Crippen LogP contribution is -2.30. The monoisotopic (exact) mass is 594 g/mol. The number of carbonyl (C=O) groups excluding carboxylic acids is 1. The Morgan fingerprint density at radius 1 is 0.860 bits per heavy atom. The molecule has 1 amide bonds. The third-order valence-corrected chi connectivity index (χ3v) is 6.99. The predicted octanol–water partition coefficient (Wildman–Crippen LogP) is 6.45. The number of rotatable bonds is 6. The minimum absolute atomic E-state index is 0.0815. The zero-order valence-corrected chi connectivity index (χ0v) is 24.6. The summed E-state index contributed by atoms with van der Waals surface area (Å²) in [5, 5.41) is 19.3. The number of carboxylic acids is 1. The van der Waals surface area contributed by atoms with Gasteiger partial charge in [0.15, 0.2) is 0 Å². The fraction of sp³-hybridized carbons (Fsp3) is 0.364. The molecule has 0 aliphatic carbocycles. The molecule has 0 aromatic heterocycles. The fourth-order valence-corrected chi connectivity index (χ4v) is 4.66. The lowest BCUT2D eigenvalue weighted by molar-refractivity contribution is -0.192. The van der Waals surface area contributed by atoms with Crippen LogP contribution in [-0.4, -0.2) is 59.1 Å². The Labute approximate surface area is 250 Å². The van der Waals surface area contributed by atoms with Gasteiger partial charge in [-0.25, -0.2) is 4.79 Å². The van der Waals surface area contributed by atoms with Gasteiger partial charge < -0.3 is 10.4 Å². The van der Waals surface area contributed by atoms with Crippen LogP contribution in [0.3, 0.4) is 0 Å². The number of hydrogen-bond acceptors (Lipinski definition) is 5. The first-order valence-electron chi connectivity index (χ1n) is 14.0. The summed E-state index contributed by atoms with van der Waals surface area (Å²) in [5.41, 5.74) is 5.88. The number of nitrogens with one attached hydrogen (secondary N) is 1. The Hall–Kier alpha value is -4.20. The first-order valence-corrected chi connectivity index (χ1v) is 14.0. The molecule has 3 aromatic rings. The highest BCUT2D eigenvalue weighted by atomic mass is 19.4. The topological polar surface area (TPSA) is 96.7 Å². The van der Waals surface area contributed by atoms with Crippen LogP contribution in [0.1, 0.15) is 59.8 Å². The van der Waals surface area contributed by atoms with Gasteiger partial charge in [0, 0.05) is 37.4 Å². The first kappa shape index (κ1) is 33.3. The summed E-state index contributed by atoms with van der Waals surface area (Å²) in [4.78, 5) is 26.7. The number of alkyl halides is 3. The van der Waals surface area contributed by atoms with Crippen molar-refractivity contribution in [3.05, 3.63) is 101 Å². The summed E-state index contributed by atoms with van der Waals surface area (Å²) < 4.78 is 31.7. The molecule has 43 heavy (non-hydrogen) atoms. The van der Waals surface area contributed by atoms with Crippen LogP contribution in [0.5, 0.6) is 0 Å². The van der Waals surface area contributed by atoms with Crippen molar-refractivity contribution in [1.82, 2.24) is 9.80 Å². The molecule has 0 spiro atoms. The molecule has 1 aliphatic heterocycles. The molecule has 1 aliphatic rings. The largest absolute Gasteiger partial charge is 0.490 e. The highest BCUT2D eigenvalue weighted by Crippen LogP contribution is 2.24. The summed E-state index contributed by atoms with van der Waals surface area (Å²) >= 11 is 0. The van der Waals surface area contributed by atoms with Gasteiger partial charge in [0.25, 0.3) is 5.91 Å². The predicted molar refractivity (Wildman–Crippen MR) is 160 cm³/mol. The maximum absolute atomic E-state index is 12.9. The lowest BCUT2D eigenvalue weighted by Gasteiger charge is -2.22. The number of hydrogen-bond donors (Lipinski definition) is 2. The van der Waals surface area contributed by atoms with Crippen molar-refractivity contribution in [2.24, 2.45) is 0 Å². The number of carboxylic acid groups (broad SMARTS) is 1. The van der Waals surface area contributed by atoms with Crippen molar-refractivity contribution in [1.29, 1.82) is 5.26 Å². The van der Waals surface area contributed by atoms with Crippen LogP contribution in [0.25, 0.3) is 0 Å². The van der Waals surface area contributed by atoms with Gasteiger partial charge in [0.2, 0.25) is 0 Å². The Bertz CT molecular complexity index is 1430. The van der Waals surface area contributed by atoms with Crippen molar-refractivity contribution in [3.63, 3.8) is 0 Å². The number of halogens is 3. The van der Waals surface area contributed by atoms with Gasteiger partial charge in [-0.15, -0.1) is 0 Å². The molecule has 10 heteroatoms. The molecule has 7 nitrogen and oxygen atoms in total. The average Bonchev–Trinajstić information content (AvgIpc) is 3.17. The molecule has 4 rings (SSSR count). The van der Waals surface area contributed by atoms with Gasteiger partial charge in [-0.05, 0) is 78.0 Å². The number of aliphatic carboxylic acids is 1. The minimum atomic E-state index is -5.08. The van der Waals surface area contributed by atoms with Gasteiger partial charge in [-0.3, -0.25) is 14.6 Å². The summed E-state index contributed by atoms with van der Waals surface area (Å²) in [6.45, 7) is 12.3. The van der Waals surface area contributed by atoms with E-state index in [1.54, 1.807) is 0 Å². The van der Waals surface area contributed by atoms with E-state index in [1.165, 1.54) is 11.1 Å². The Morgan fingerprint density at radius 2 is 1.40 bits per heavy atom. The molecule has 228 valence electrons. The van der Waals surface area contributed by atoms with Gasteiger partial charge in [-0.1, -0.05) is 57.2 Å². The van der Waals surface area contributed by atoms with Crippen LogP contribution in [0.2, 0.25) is 0 Å². The number of benzene rings is 3. The van der Waals surface area contributed by atoms with E-state index in [9.17, 15) is 18.0 Å². The van der Waals surface area contributed by atoms with E-state index in [4.69, 9.17) is 15.2 Å². The molecule has 3 aromatic carbocycles. The summed E-state index contributed by atoms with van der Waals surface area (Å²) in [5.74, 6) is -2.84. The van der Waals surface area contributed by atoms with E-state index in [0.717, 1.165) is 62.5 Å². The van der Waals surface area contributed by atoms with Crippen molar-refractivity contribution >= 4 is 17.6 Å². The van der Waals surface area contributed by atoms with Crippen LogP contribution in [0.15, 0.2) is 72.8 Å². The normalized spacial score (nSPS) is 14.5. The van der Waals surface area contributed by atoms with Crippen molar-refractivity contribution < 1.29 is 27.9 Å². The summed E-state index contributed by atoms with van der Waals surface area (Å²) in [7, 11) is 0. The maximum Gasteiger partial charge on any atom is 0.490 e. The van der Waals surface area contributed by atoms with Crippen molar-refractivity contribution in [3.8, 4) is 6.07 Å². The van der Waals surface area contributed by atoms with Crippen LogP contribution in [-0.2, 0) is 23.3 Å². The molecular formula is C33H37F3N4O3. The first-order chi connectivity index (χ1) is 20.2. The molecule has 0 atom stereocenters. The molecule has 1 fully saturated rings. The second kappa shape index (κ2) is 14.8. The van der Waals surface area contributed by atoms with Crippen LogP contribution in [0.4, 0.5) is 18.9 Å². The SMILES string of the molecule is CC(C)(C)c1ccc(NC(=O)c2cccc(CN3CCCN(Cc4cccc(C#N)c4)CC3)c2)cc1.O=C(O)C(F)(F)F. The molecule has 0 radical (unpaired) electrons.